The summed E-state index contributed by atoms with van der Waals surface area (Å²) < 4.78 is 41.6. The number of alkyl carbamates (subject to hydrolysis) is 1. The van der Waals surface area contributed by atoms with Gasteiger partial charge < -0.3 is 44.1 Å². The molecule has 0 unspecified atom stereocenters. The quantitative estimate of drug-likeness (QED) is 0.0372. The second kappa shape index (κ2) is 23.7. The number of halogens is 1. The van der Waals surface area contributed by atoms with Gasteiger partial charge in [-0.15, -0.1) is 0 Å². The van der Waals surface area contributed by atoms with Crippen LogP contribution >= 0.6 is 0 Å². The number of nitrogens with one attached hydrogen (secondary N) is 3. The topological polar surface area (TPSA) is 260 Å². The number of anilines is 2. The highest BCUT2D eigenvalue weighted by Crippen LogP contribution is 2.29. The molecule has 4 amide bonds. The molecule has 0 heterocycles. The Bertz CT molecular complexity index is 1940. The normalized spacial score (nSPS) is 11.4. The third-order valence-corrected chi connectivity index (χ3v) is 8.16. The summed E-state index contributed by atoms with van der Waals surface area (Å²) in [6.45, 7) is 16.6. The van der Waals surface area contributed by atoms with Crippen LogP contribution in [0.25, 0.3) is 0 Å². The third-order valence-electron chi connectivity index (χ3n) is 8.16. The number of methoxy groups -OCH3 is 1. The smallest absolute Gasteiger partial charge is 0.411 e. The molecule has 0 fully saturated rings. The van der Waals surface area contributed by atoms with Gasteiger partial charge in [0.15, 0.2) is 0 Å². The lowest BCUT2D eigenvalue weighted by Gasteiger charge is -2.29. The van der Waals surface area contributed by atoms with E-state index in [4.69, 9.17) is 23.7 Å². The van der Waals surface area contributed by atoms with Gasteiger partial charge in [-0.1, -0.05) is 0 Å². The Balaban J connectivity index is 2.10. The molecule has 0 radical (unpaired) electrons. The average molecular weight is 894 g/mol. The minimum atomic E-state index is -1.14. The van der Waals surface area contributed by atoms with Crippen molar-refractivity contribution in [2.24, 2.45) is 0 Å². The fraction of sp³-hybridized carbons (Fsp3) is 0.585. The molecule has 2 aromatic carbocycles. The van der Waals surface area contributed by atoms with E-state index >= 15 is 4.39 Å². The fourth-order valence-electron chi connectivity index (χ4n) is 5.46. The fourth-order valence-corrected chi connectivity index (χ4v) is 5.46. The van der Waals surface area contributed by atoms with Crippen molar-refractivity contribution in [2.75, 3.05) is 57.0 Å². The van der Waals surface area contributed by atoms with Crippen molar-refractivity contribution in [1.82, 2.24) is 15.1 Å². The molecule has 2 rings (SSSR count). The number of nitro groups is 2. The van der Waals surface area contributed by atoms with Crippen molar-refractivity contribution in [3.8, 4) is 0 Å². The van der Waals surface area contributed by atoms with Crippen molar-refractivity contribution in [3.63, 3.8) is 0 Å². The molecule has 0 bridgehead atoms. The summed E-state index contributed by atoms with van der Waals surface area (Å²) in [4.78, 5) is 87.2. The predicted octanol–water partition coefficient (Wildman–Crippen LogP) is 8.15. The summed E-state index contributed by atoms with van der Waals surface area (Å²) in [6.07, 6.45) is -1.13. The Kier molecular flexibility index (Phi) is 19.8. The first-order chi connectivity index (χ1) is 29.2. The minimum absolute atomic E-state index is 0.0573. The first-order valence-corrected chi connectivity index (χ1v) is 20.1. The Morgan fingerprint density at radius 1 is 0.667 bits per heavy atom. The number of carbonyl (C=O) groups excluding carboxylic acids is 5. The molecule has 0 aliphatic carbocycles. The summed E-state index contributed by atoms with van der Waals surface area (Å²) in [5, 5.41) is 30.3. The first kappa shape index (κ1) is 52.7. The molecule has 63 heavy (non-hydrogen) atoms. The van der Waals surface area contributed by atoms with Gasteiger partial charge in [0.2, 0.25) is 0 Å². The molecule has 0 aromatic heterocycles. The Labute approximate surface area is 365 Å². The summed E-state index contributed by atoms with van der Waals surface area (Å²) in [5.41, 5.74) is -4.39. The lowest BCUT2D eigenvalue weighted by Crippen LogP contribution is -2.40. The van der Waals surface area contributed by atoms with Crippen LogP contribution in [0.4, 0.5) is 46.3 Å². The van der Waals surface area contributed by atoms with Gasteiger partial charge in [0.05, 0.1) is 33.9 Å². The van der Waals surface area contributed by atoms with E-state index in [0.29, 0.717) is 25.8 Å². The van der Waals surface area contributed by atoms with Gasteiger partial charge in [-0.2, -0.15) is 0 Å². The molecule has 22 heteroatoms. The largest absolute Gasteiger partial charge is 0.465 e. The van der Waals surface area contributed by atoms with E-state index in [1.165, 1.54) is 11.0 Å². The van der Waals surface area contributed by atoms with E-state index in [-0.39, 0.29) is 61.6 Å². The maximum Gasteiger partial charge on any atom is 0.411 e. The number of rotatable bonds is 20. The highest BCUT2D eigenvalue weighted by molar-refractivity contribution is 6.00. The van der Waals surface area contributed by atoms with Gasteiger partial charge in [-0.25, -0.2) is 28.4 Å². The molecule has 0 saturated heterocycles. The zero-order chi connectivity index (χ0) is 47.7. The second-order valence-corrected chi connectivity index (χ2v) is 17.1. The first-order valence-electron chi connectivity index (χ1n) is 20.1. The van der Waals surface area contributed by atoms with Crippen LogP contribution in [0.1, 0.15) is 104 Å². The van der Waals surface area contributed by atoms with Gasteiger partial charge in [0.1, 0.15) is 29.2 Å². The molecule has 0 saturated carbocycles. The molecule has 2 aromatic rings. The SMILES string of the molecule is COC(=O)c1cc(F)c(NCCCN(CCCCN(CCCNC(=O)OC(C)(C)C)C(=O)OC(C)(C)C)C(=O)OC(C)(C)C)cc1NC(=O)OCc1ccc([N+](=O)[O-])c([N+](=O)[O-])c1. The van der Waals surface area contributed by atoms with Crippen molar-refractivity contribution in [2.45, 2.75) is 111 Å². The maximum absolute atomic E-state index is 15.3. The van der Waals surface area contributed by atoms with Crippen molar-refractivity contribution < 1.29 is 61.9 Å². The van der Waals surface area contributed by atoms with Gasteiger partial charge in [-0.05, 0) is 112 Å². The third kappa shape index (κ3) is 19.8. The molecule has 350 valence electrons. The van der Waals surface area contributed by atoms with Gasteiger partial charge in [0.25, 0.3) is 0 Å². The number of benzene rings is 2. The molecule has 0 spiro atoms. The molecule has 0 aliphatic rings. The number of hydrogen-bond acceptors (Lipinski definition) is 15. The highest BCUT2D eigenvalue weighted by atomic mass is 19.1. The Morgan fingerprint density at radius 2 is 1.17 bits per heavy atom. The van der Waals surface area contributed by atoms with Crippen LogP contribution in [-0.4, -0.2) is 113 Å². The van der Waals surface area contributed by atoms with E-state index in [1.54, 1.807) is 67.2 Å². The minimum Gasteiger partial charge on any atom is -0.465 e. The Morgan fingerprint density at radius 3 is 1.67 bits per heavy atom. The van der Waals surface area contributed by atoms with E-state index in [1.807, 2.05) is 0 Å². The number of unbranched alkanes of at least 4 members (excludes halogenated alkanes) is 1. The molecular formula is C41H60FN7O14. The Hall–Kier alpha value is -6.48. The van der Waals surface area contributed by atoms with E-state index in [9.17, 15) is 44.2 Å². The predicted molar refractivity (Wildman–Crippen MR) is 228 cm³/mol. The number of amides is 4. The molecule has 21 nitrogen and oxygen atoms in total. The summed E-state index contributed by atoms with van der Waals surface area (Å²) in [7, 11) is 1.05. The van der Waals surface area contributed by atoms with Gasteiger partial charge in [0, 0.05) is 51.4 Å². The molecule has 0 aliphatic heterocycles. The number of nitro benzene ring substituents is 2. The standard InChI is InChI=1S/C41H60FN7O14/c1-39(2,3)61-35(51)44-18-14-22-47(38(54)63-41(7,8)9)20-12-11-19-46(37(53)62-40(4,5)6)21-13-17-43-31-25-30(28(24-29(31)42)34(50)59-10)45-36(52)60-26-27-15-16-32(48(55)56)33(23-27)49(57)58/h15-16,23-25,43H,11-14,17-22,26H2,1-10H3,(H,44,51)(H,45,52). The van der Waals surface area contributed by atoms with Crippen molar-refractivity contribution in [3.05, 3.63) is 67.5 Å². The molecule has 0 atom stereocenters. The van der Waals surface area contributed by atoms with E-state index in [0.717, 1.165) is 31.4 Å². The zero-order valence-electron chi connectivity index (χ0n) is 37.5. The highest BCUT2D eigenvalue weighted by Gasteiger charge is 2.27. The number of esters is 1. The zero-order valence-corrected chi connectivity index (χ0v) is 37.5. The molecular weight excluding hydrogens is 833 g/mol. The summed E-state index contributed by atoms with van der Waals surface area (Å²) in [5.74, 6) is -1.86. The van der Waals surface area contributed by atoms with Crippen LogP contribution in [-0.2, 0) is 30.3 Å². The van der Waals surface area contributed by atoms with Crippen molar-refractivity contribution >= 4 is 53.1 Å². The van der Waals surface area contributed by atoms with Crippen LogP contribution < -0.4 is 16.0 Å². The summed E-state index contributed by atoms with van der Waals surface area (Å²) in [6, 6.07) is 4.93. The number of nitrogens with zero attached hydrogens (tertiary/aromatic N) is 4. The monoisotopic (exact) mass is 893 g/mol. The van der Waals surface area contributed by atoms with Crippen LogP contribution in [0.15, 0.2) is 30.3 Å². The average Bonchev–Trinajstić information content (AvgIpc) is 3.15. The maximum atomic E-state index is 15.3. The van der Waals surface area contributed by atoms with Gasteiger partial charge >= 0.3 is 41.7 Å². The van der Waals surface area contributed by atoms with E-state index in [2.05, 4.69) is 16.0 Å². The van der Waals surface area contributed by atoms with Crippen LogP contribution in [0.5, 0.6) is 0 Å². The van der Waals surface area contributed by atoms with Crippen LogP contribution in [0.2, 0.25) is 0 Å². The second-order valence-electron chi connectivity index (χ2n) is 17.1. The summed E-state index contributed by atoms with van der Waals surface area (Å²) >= 11 is 0. The van der Waals surface area contributed by atoms with E-state index < -0.39 is 80.8 Å². The van der Waals surface area contributed by atoms with Gasteiger partial charge in [-0.3, -0.25) is 25.5 Å². The lowest BCUT2D eigenvalue weighted by molar-refractivity contribution is -0.422. The number of hydrogen-bond donors (Lipinski definition) is 3. The molecule has 3 N–H and O–H groups in total. The van der Waals surface area contributed by atoms with Crippen LogP contribution in [0, 0.1) is 26.0 Å². The lowest BCUT2D eigenvalue weighted by atomic mass is 10.1. The van der Waals surface area contributed by atoms with Crippen molar-refractivity contribution in [1.29, 1.82) is 0 Å². The van der Waals surface area contributed by atoms with Crippen LogP contribution in [0.3, 0.4) is 0 Å². The number of ether oxygens (including phenoxy) is 5. The number of carbonyl (C=O) groups is 5.